The number of amides is 3. The van der Waals surface area contributed by atoms with Crippen LogP contribution in [0, 0.1) is 13.8 Å². The van der Waals surface area contributed by atoms with Crippen LogP contribution in [0.4, 0.5) is 10.5 Å². The number of carbonyl (C=O) groups is 2. The summed E-state index contributed by atoms with van der Waals surface area (Å²) in [5.74, 6) is 0. The van der Waals surface area contributed by atoms with Crippen LogP contribution >= 0.6 is 0 Å². The normalized spacial score (nSPS) is 15.3. The average molecular weight is 261 g/mol. The van der Waals surface area contributed by atoms with Crippen LogP contribution in [0.2, 0.25) is 0 Å². The van der Waals surface area contributed by atoms with Crippen LogP contribution in [0.1, 0.15) is 11.1 Å². The van der Waals surface area contributed by atoms with E-state index in [4.69, 9.17) is 0 Å². The molecule has 1 saturated heterocycles. The zero-order valence-corrected chi connectivity index (χ0v) is 11.3. The van der Waals surface area contributed by atoms with Crippen LogP contribution in [0.25, 0.3) is 0 Å². The van der Waals surface area contributed by atoms with Crippen LogP contribution in [0.3, 0.4) is 0 Å². The Kier molecular flexibility index (Phi) is 4.04. The first kappa shape index (κ1) is 13.4. The number of piperazine rings is 1. The van der Waals surface area contributed by atoms with E-state index in [1.54, 1.807) is 9.80 Å². The van der Waals surface area contributed by atoms with Gasteiger partial charge in [0.15, 0.2) is 0 Å². The second kappa shape index (κ2) is 5.73. The maximum Gasteiger partial charge on any atom is 0.321 e. The summed E-state index contributed by atoms with van der Waals surface area (Å²) in [5.41, 5.74) is 3.07. The van der Waals surface area contributed by atoms with Crippen molar-refractivity contribution >= 4 is 18.1 Å². The molecule has 0 saturated carbocycles. The zero-order chi connectivity index (χ0) is 13.8. The highest BCUT2D eigenvalue weighted by Gasteiger charge is 2.20. The highest BCUT2D eigenvalue weighted by Crippen LogP contribution is 2.16. The van der Waals surface area contributed by atoms with E-state index in [0.717, 1.165) is 17.7 Å². The van der Waals surface area contributed by atoms with E-state index < -0.39 is 0 Å². The number of hydrogen-bond acceptors (Lipinski definition) is 2. The summed E-state index contributed by atoms with van der Waals surface area (Å²) in [6, 6.07) is 5.84. The van der Waals surface area contributed by atoms with Gasteiger partial charge in [-0.3, -0.25) is 4.79 Å². The average Bonchev–Trinajstić information content (AvgIpc) is 2.42. The molecule has 3 amide bonds. The zero-order valence-electron chi connectivity index (χ0n) is 11.3. The van der Waals surface area contributed by atoms with E-state index in [1.807, 2.05) is 32.0 Å². The van der Waals surface area contributed by atoms with E-state index in [-0.39, 0.29) is 6.03 Å². The van der Waals surface area contributed by atoms with E-state index in [9.17, 15) is 9.59 Å². The molecule has 0 aromatic heterocycles. The molecule has 0 radical (unpaired) electrons. The molecule has 0 unspecified atom stereocenters. The lowest BCUT2D eigenvalue weighted by Crippen LogP contribution is -2.49. The summed E-state index contributed by atoms with van der Waals surface area (Å²) >= 11 is 0. The maximum atomic E-state index is 12.1. The molecule has 1 N–H and O–H groups in total. The third kappa shape index (κ3) is 3.24. The Morgan fingerprint density at radius 1 is 1.21 bits per heavy atom. The van der Waals surface area contributed by atoms with Gasteiger partial charge >= 0.3 is 6.03 Å². The highest BCUT2D eigenvalue weighted by atomic mass is 16.2. The molecule has 0 aliphatic carbocycles. The smallest absolute Gasteiger partial charge is 0.321 e. The number of nitrogens with zero attached hydrogens (tertiary/aromatic N) is 2. The van der Waals surface area contributed by atoms with E-state index >= 15 is 0 Å². The molecule has 1 fully saturated rings. The van der Waals surface area contributed by atoms with E-state index in [1.165, 1.54) is 5.56 Å². The fraction of sp³-hybridized carbons (Fsp3) is 0.429. The van der Waals surface area contributed by atoms with Crippen molar-refractivity contribution in [3.8, 4) is 0 Å². The minimum Gasteiger partial charge on any atom is -0.342 e. The van der Waals surface area contributed by atoms with Crippen molar-refractivity contribution < 1.29 is 9.59 Å². The van der Waals surface area contributed by atoms with Crippen LogP contribution in [-0.4, -0.2) is 48.4 Å². The number of anilines is 1. The maximum absolute atomic E-state index is 12.1. The number of aryl methyl sites for hydroxylation is 2. The third-order valence-electron chi connectivity index (χ3n) is 3.37. The van der Waals surface area contributed by atoms with Crippen molar-refractivity contribution in [3.05, 3.63) is 29.3 Å². The lowest BCUT2D eigenvalue weighted by Gasteiger charge is -2.32. The van der Waals surface area contributed by atoms with E-state index in [0.29, 0.717) is 26.2 Å². The van der Waals surface area contributed by atoms with Crippen LogP contribution in [-0.2, 0) is 4.79 Å². The molecule has 1 aromatic carbocycles. The van der Waals surface area contributed by atoms with Gasteiger partial charge in [-0.2, -0.15) is 0 Å². The van der Waals surface area contributed by atoms with Gasteiger partial charge in [0.05, 0.1) is 0 Å². The number of hydrogen-bond donors (Lipinski definition) is 1. The summed E-state index contributed by atoms with van der Waals surface area (Å²) in [5, 5.41) is 2.92. The predicted molar refractivity (Wildman–Crippen MR) is 74.1 cm³/mol. The SMILES string of the molecule is Cc1ccc(NC(=O)N2CCN(C=O)CC2)c(C)c1. The first-order chi connectivity index (χ1) is 9.10. The molecular formula is C14H19N3O2. The molecule has 102 valence electrons. The molecule has 0 spiro atoms. The molecule has 19 heavy (non-hydrogen) atoms. The summed E-state index contributed by atoms with van der Waals surface area (Å²) in [6.45, 7) is 6.36. The minimum atomic E-state index is -0.0995. The first-order valence-corrected chi connectivity index (χ1v) is 6.42. The van der Waals surface area contributed by atoms with Crippen molar-refractivity contribution in [1.29, 1.82) is 0 Å². The number of benzene rings is 1. The molecule has 1 aliphatic rings. The molecule has 0 atom stereocenters. The topological polar surface area (TPSA) is 52.7 Å². The van der Waals surface area contributed by atoms with Gasteiger partial charge in [-0.05, 0) is 25.5 Å². The Morgan fingerprint density at radius 3 is 2.47 bits per heavy atom. The Bertz CT molecular complexity index is 480. The Morgan fingerprint density at radius 2 is 1.89 bits per heavy atom. The molecule has 5 nitrogen and oxygen atoms in total. The van der Waals surface area contributed by atoms with Gasteiger partial charge in [-0.15, -0.1) is 0 Å². The van der Waals surface area contributed by atoms with Crippen molar-refractivity contribution in [2.75, 3.05) is 31.5 Å². The molecule has 1 heterocycles. The Labute approximate surface area is 113 Å². The number of carbonyl (C=O) groups excluding carboxylic acids is 2. The van der Waals surface area contributed by atoms with Gasteiger partial charge in [0.25, 0.3) is 0 Å². The van der Waals surface area contributed by atoms with Crippen LogP contribution < -0.4 is 5.32 Å². The first-order valence-electron chi connectivity index (χ1n) is 6.42. The van der Waals surface area contributed by atoms with Gasteiger partial charge in [-0.1, -0.05) is 17.7 Å². The van der Waals surface area contributed by atoms with Crippen molar-refractivity contribution in [2.45, 2.75) is 13.8 Å². The minimum absolute atomic E-state index is 0.0995. The quantitative estimate of drug-likeness (QED) is 0.822. The fourth-order valence-electron chi connectivity index (χ4n) is 2.18. The number of nitrogens with one attached hydrogen (secondary N) is 1. The van der Waals surface area contributed by atoms with Gasteiger partial charge in [0.1, 0.15) is 0 Å². The van der Waals surface area contributed by atoms with Crippen LogP contribution in [0.5, 0.6) is 0 Å². The largest absolute Gasteiger partial charge is 0.342 e. The molecule has 5 heteroatoms. The number of rotatable bonds is 2. The predicted octanol–water partition coefficient (Wildman–Crippen LogP) is 1.61. The van der Waals surface area contributed by atoms with Gasteiger partial charge in [0.2, 0.25) is 6.41 Å². The highest BCUT2D eigenvalue weighted by molar-refractivity contribution is 5.90. The fourth-order valence-corrected chi connectivity index (χ4v) is 2.18. The molecule has 1 aromatic rings. The van der Waals surface area contributed by atoms with Crippen molar-refractivity contribution in [1.82, 2.24) is 9.80 Å². The van der Waals surface area contributed by atoms with Gasteiger partial charge < -0.3 is 15.1 Å². The van der Waals surface area contributed by atoms with Gasteiger partial charge in [-0.25, -0.2) is 4.79 Å². The van der Waals surface area contributed by atoms with E-state index in [2.05, 4.69) is 5.32 Å². The Balaban J connectivity index is 1.96. The lowest BCUT2D eigenvalue weighted by molar-refractivity contribution is -0.119. The van der Waals surface area contributed by atoms with Gasteiger partial charge in [0, 0.05) is 31.9 Å². The monoisotopic (exact) mass is 261 g/mol. The van der Waals surface area contributed by atoms with Crippen LogP contribution in [0.15, 0.2) is 18.2 Å². The second-order valence-electron chi connectivity index (χ2n) is 4.88. The lowest BCUT2D eigenvalue weighted by atomic mass is 10.1. The molecule has 0 bridgehead atoms. The standard InChI is InChI=1S/C14H19N3O2/c1-11-3-4-13(12(2)9-11)15-14(19)17-7-5-16(10-18)6-8-17/h3-4,9-10H,5-8H2,1-2H3,(H,15,19). The summed E-state index contributed by atoms with van der Waals surface area (Å²) in [6.07, 6.45) is 0.833. The molecule has 2 rings (SSSR count). The summed E-state index contributed by atoms with van der Waals surface area (Å²) in [4.78, 5) is 26.1. The van der Waals surface area contributed by atoms with Crippen molar-refractivity contribution in [3.63, 3.8) is 0 Å². The Hall–Kier alpha value is -2.04. The molecular weight excluding hydrogens is 242 g/mol. The summed E-state index contributed by atoms with van der Waals surface area (Å²) < 4.78 is 0. The third-order valence-corrected chi connectivity index (χ3v) is 3.37. The van der Waals surface area contributed by atoms with Crippen molar-refractivity contribution in [2.24, 2.45) is 0 Å². The second-order valence-corrected chi connectivity index (χ2v) is 4.88. The molecule has 1 aliphatic heterocycles. The number of urea groups is 1. The summed E-state index contributed by atoms with van der Waals surface area (Å²) in [7, 11) is 0.